The van der Waals surface area contributed by atoms with E-state index >= 15 is 0 Å². The van der Waals surface area contributed by atoms with E-state index in [2.05, 4.69) is 44.7 Å². The number of hydrogen-bond acceptors (Lipinski definition) is 2. The summed E-state index contributed by atoms with van der Waals surface area (Å²) in [6.45, 7) is 9.80. The van der Waals surface area contributed by atoms with Crippen molar-refractivity contribution in [3.8, 4) is 0 Å². The Morgan fingerprint density at radius 1 is 1.07 bits per heavy atom. The maximum Gasteiger partial charge on any atom is 0.0125 e. The van der Waals surface area contributed by atoms with E-state index in [0.29, 0.717) is 5.41 Å². The second-order valence-corrected chi connectivity index (χ2v) is 6.76. The highest BCUT2D eigenvalue weighted by Crippen LogP contribution is 2.39. The van der Waals surface area contributed by atoms with Crippen LogP contribution in [0.2, 0.25) is 0 Å². The van der Waals surface area contributed by atoms with Crippen molar-refractivity contribution in [2.75, 3.05) is 27.2 Å². The molecular formula is C13H26N2. The molecule has 1 saturated heterocycles. The van der Waals surface area contributed by atoms with Gasteiger partial charge in [-0.1, -0.05) is 20.8 Å². The van der Waals surface area contributed by atoms with Crippen molar-refractivity contribution >= 4 is 0 Å². The van der Waals surface area contributed by atoms with Gasteiger partial charge in [0.05, 0.1) is 0 Å². The first kappa shape index (κ1) is 11.4. The average molecular weight is 210 g/mol. The maximum atomic E-state index is 2.69. The van der Waals surface area contributed by atoms with Gasteiger partial charge in [-0.05, 0) is 38.3 Å². The van der Waals surface area contributed by atoms with Crippen LogP contribution in [-0.4, -0.2) is 49.1 Å². The van der Waals surface area contributed by atoms with Crippen LogP contribution in [0.5, 0.6) is 0 Å². The lowest BCUT2D eigenvalue weighted by atomic mass is 9.73. The molecule has 2 nitrogen and oxygen atoms in total. The highest BCUT2D eigenvalue weighted by molar-refractivity contribution is 4.98. The molecule has 0 aromatic heterocycles. The molecule has 1 aliphatic carbocycles. The monoisotopic (exact) mass is 210 g/mol. The first-order chi connectivity index (χ1) is 6.88. The fraction of sp³-hybridized carbons (Fsp3) is 1.00. The minimum Gasteiger partial charge on any atom is -0.306 e. The van der Waals surface area contributed by atoms with Gasteiger partial charge in [0.15, 0.2) is 0 Å². The molecule has 1 heterocycles. The van der Waals surface area contributed by atoms with Crippen molar-refractivity contribution in [3.05, 3.63) is 0 Å². The SMILES string of the molecule is CN(C)C1CC(N2CC(C(C)(C)C)C2)C1. The third-order valence-electron chi connectivity index (χ3n) is 4.47. The summed E-state index contributed by atoms with van der Waals surface area (Å²) in [7, 11) is 4.41. The largest absolute Gasteiger partial charge is 0.306 e. The standard InChI is InChI=1S/C13H26N2/c1-13(2,3)10-8-15(9-10)12-6-11(7-12)14(4)5/h10-12H,6-9H2,1-5H3. The van der Waals surface area contributed by atoms with E-state index in [9.17, 15) is 0 Å². The Labute approximate surface area is 94.6 Å². The average Bonchev–Trinajstić information content (AvgIpc) is 1.86. The molecule has 0 unspecified atom stereocenters. The predicted octanol–water partition coefficient (Wildman–Crippen LogP) is 2.06. The molecule has 0 aromatic carbocycles. The van der Waals surface area contributed by atoms with Crippen molar-refractivity contribution in [2.24, 2.45) is 11.3 Å². The van der Waals surface area contributed by atoms with Gasteiger partial charge in [-0.2, -0.15) is 0 Å². The summed E-state index contributed by atoms with van der Waals surface area (Å²) in [5, 5.41) is 0. The number of nitrogens with zero attached hydrogens (tertiary/aromatic N) is 2. The van der Waals surface area contributed by atoms with Crippen LogP contribution in [0.1, 0.15) is 33.6 Å². The Morgan fingerprint density at radius 3 is 2.00 bits per heavy atom. The van der Waals surface area contributed by atoms with E-state index in [-0.39, 0.29) is 0 Å². The Hall–Kier alpha value is -0.0800. The van der Waals surface area contributed by atoms with E-state index in [0.717, 1.165) is 18.0 Å². The lowest BCUT2D eigenvalue weighted by molar-refractivity contribution is -0.0523. The van der Waals surface area contributed by atoms with Gasteiger partial charge >= 0.3 is 0 Å². The maximum absolute atomic E-state index is 2.69. The van der Waals surface area contributed by atoms with Crippen molar-refractivity contribution in [1.82, 2.24) is 9.80 Å². The summed E-state index contributed by atoms with van der Waals surface area (Å²) in [6, 6.07) is 1.75. The van der Waals surface area contributed by atoms with Gasteiger partial charge in [0.2, 0.25) is 0 Å². The Morgan fingerprint density at radius 2 is 1.60 bits per heavy atom. The van der Waals surface area contributed by atoms with Crippen molar-refractivity contribution < 1.29 is 0 Å². The zero-order valence-electron chi connectivity index (χ0n) is 11.0. The van der Waals surface area contributed by atoms with Gasteiger partial charge in [0, 0.05) is 25.2 Å². The van der Waals surface area contributed by atoms with Gasteiger partial charge in [-0.3, -0.25) is 4.90 Å². The summed E-state index contributed by atoms with van der Waals surface area (Å²) >= 11 is 0. The fourth-order valence-corrected chi connectivity index (χ4v) is 2.64. The normalized spacial score (nSPS) is 34.0. The minimum atomic E-state index is 0.515. The highest BCUT2D eigenvalue weighted by atomic mass is 15.3. The lowest BCUT2D eigenvalue weighted by Crippen LogP contribution is -2.61. The van der Waals surface area contributed by atoms with Gasteiger partial charge in [-0.15, -0.1) is 0 Å². The van der Waals surface area contributed by atoms with Crippen LogP contribution in [0.4, 0.5) is 0 Å². The van der Waals surface area contributed by atoms with Gasteiger partial charge in [0.25, 0.3) is 0 Å². The van der Waals surface area contributed by atoms with E-state index in [1.54, 1.807) is 0 Å². The van der Waals surface area contributed by atoms with Crippen LogP contribution in [0, 0.1) is 11.3 Å². The van der Waals surface area contributed by atoms with E-state index in [4.69, 9.17) is 0 Å². The molecule has 0 amide bonds. The first-order valence-corrected chi connectivity index (χ1v) is 6.28. The van der Waals surface area contributed by atoms with Crippen molar-refractivity contribution in [3.63, 3.8) is 0 Å². The first-order valence-electron chi connectivity index (χ1n) is 6.28. The minimum absolute atomic E-state index is 0.515. The smallest absolute Gasteiger partial charge is 0.0125 e. The van der Waals surface area contributed by atoms with E-state index < -0.39 is 0 Å². The molecule has 2 rings (SSSR count). The van der Waals surface area contributed by atoms with Crippen LogP contribution in [0.15, 0.2) is 0 Å². The van der Waals surface area contributed by atoms with E-state index in [1.165, 1.54) is 25.9 Å². The summed E-state index contributed by atoms with van der Waals surface area (Å²) in [5.74, 6) is 0.927. The topological polar surface area (TPSA) is 6.48 Å². The molecule has 2 aliphatic rings. The quantitative estimate of drug-likeness (QED) is 0.688. The predicted molar refractivity (Wildman–Crippen MR) is 65.0 cm³/mol. The molecule has 88 valence electrons. The van der Waals surface area contributed by atoms with Crippen LogP contribution in [-0.2, 0) is 0 Å². The fourth-order valence-electron chi connectivity index (χ4n) is 2.64. The molecule has 0 bridgehead atoms. The zero-order valence-corrected chi connectivity index (χ0v) is 11.0. The third kappa shape index (κ3) is 2.21. The van der Waals surface area contributed by atoms with Gasteiger partial charge in [-0.25, -0.2) is 0 Å². The summed E-state index contributed by atoms with van der Waals surface area (Å²) < 4.78 is 0. The molecule has 15 heavy (non-hydrogen) atoms. The third-order valence-corrected chi connectivity index (χ3v) is 4.47. The second kappa shape index (κ2) is 3.74. The molecule has 0 spiro atoms. The molecule has 0 radical (unpaired) electrons. The van der Waals surface area contributed by atoms with Crippen LogP contribution >= 0.6 is 0 Å². The van der Waals surface area contributed by atoms with Crippen molar-refractivity contribution in [2.45, 2.75) is 45.7 Å². The molecule has 1 aliphatic heterocycles. The highest BCUT2D eigenvalue weighted by Gasteiger charge is 2.43. The van der Waals surface area contributed by atoms with Crippen LogP contribution < -0.4 is 0 Å². The summed E-state index contributed by atoms with van der Waals surface area (Å²) in [5.41, 5.74) is 0.515. The zero-order chi connectivity index (χ0) is 11.2. The molecule has 0 aromatic rings. The lowest BCUT2D eigenvalue weighted by Gasteiger charge is -2.55. The molecule has 0 atom stereocenters. The second-order valence-electron chi connectivity index (χ2n) is 6.76. The molecule has 0 N–H and O–H groups in total. The number of likely N-dealkylation sites (tertiary alicyclic amines) is 1. The number of rotatable bonds is 2. The molecule has 2 fully saturated rings. The Kier molecular flexibility index (Phi) is 2.85. The van der Waals surface area contributed by atoms with Crippen LogP contribution in [0.3, 0.4) is 0 Å². The molecular weight excluding hydrogens is 184 g/mol. The van der Waals surface area contributed by atoms with E-state index in [1.807, 2.05) is 0 Å². The van der Waals surface area contributed by atoms with Gasteiger partial charge in [0.1, 0.15) is 0 Å². The van der Waals surface area contributed by atoms with Gasteiger partial charge < -0.3 is 4.90 Å². The Balaban J connectivity index is 1.70. The molecule has 1 saturated carbocycles. The van der Waals surface area contributed by atoms with Crippen LogP contribution in [0.25, 0.3) is 0 Å². The summed E-state index contributed by atoms with van der Waals surface area (Å²) in [6.07, 6.45) is 2.79. The summed E-state index contributed by atoms with van der Waals surface area (Å²) in [4.78, 5) is 5.06. The Bertz CT molecular complexity index is 217. The molecule has 2 heteroatoms. The van der Waals surface area contributed by atoms with Crippen molar-refractivity contribution in [1.29, 1.82) is 0 Å². The number of hydrogen-bond donors (Lipinski definition) is 0.